The average Bonchev–Trinajstić information content (AvgIpc) is 2.94. The van der Waals surface area contributed by atoms with Gasteiger partial charge in [-0.25, -0.2) is 0 Å². The monoisotopic (exact) mass is 300 g/mol. The molecule has 2 aromatic carbocycles. The summed E-state index contributed by atoms with van der Waals surface area (Å²) in [7, 11) is 0. The summed E-state index contributed by atoms with van der Waals surface area (Å²) < 4.78 is 16.0. The second kappa shape index (κ2) is 4.56. The second-order valence-electron chi connectivity index (χ2n) is 5.17. The van der Waals surface area contributed by atoms with Crippen LogP contribution >= 0.6 is 0 Å². The van der Waals surface area contributed by atoms with Crippen LogP contribution in [0, 0.1) is 0 Å². The van der Waals surface area contributed by atoms with Gasteiger partial charge in [0.1, 0.15) is 23.9 Å². The van der Waals surface area contributed by atoms with Crippen LogP contribution in [0.2, 0.25) is 0 Å². The number of ketones is 1. The van der Waals surface area contributed by atoms with Crippen molar-refractivity contribution in [3.63, 3.8) is 0 Å². The van der Waals surface area contributed by atoms with Crippen LogP contribution in [-0.2, 0) is 0 Å². The number of hydrogen-bond acceptors (Lipinski definition) is 6. The standard InChI is InChI=1S/C16H12O6/c17-8-1-2-9-13(3-8)20-6-11(16(9)19)10-4-14-15(5-12(10)18)22-7-21-14/h1-5,11,17-18H,6-7H2/t11-/m1/s1. The maximum Gasteiger partial charge on any atom is 0.231 e. The molecule has 0 amide bonds. The lowest BCUT2D eigenvalue weighted by molar-refractivity contribution is 0.0894. The first-order valence-electron chi connectivity index (χ1n) is 6.76. The Bertz CT molecular complexity index is 782. The van der Waals surface area contributed by atoms with E-state index in [9.17, 15) is 15.0 Å². The number of aromatic hydroxyl groups is 2. The predicted octanol–water partition coefficient (Wildman–Crippen LogP) is 2.19. The molecule has 1 atom stereocenters. The van der Waals surface area contributed by atoms with Crippen molar-refractivity contribution in [1.82, 2.24) is 0 Å². The first kappa shape index (κ1) is 12.8. The zero-order chi connectivity index (χ0) is 15.3. The Morgan fingerprint density at radius 2 is 1.73 bits per heavy atom. The van der Waals surface area contributed by atoms with Crippen LogP contribution in [0.15, 0.2) is 30.3 Å². The first-order chi connectivity index (χ1) is 10.6. The molecule has 0 saturated heterocycles. The molecule has 2 heterocycles. The number of fused-ring (bicyclic) bond motifs is 2. The highest BCUT2D eigenvalue weighted by Gasteiger charge is 2.33. The van der Waals surface area contributed by atoms with Crippen molar-refractivity contribution in [1.29, 1.82) is 0 Å². The Hall–Kier alpha value is -2.89. The molecule has 4 rings (SSSR count). The van der Waals surface area contributed by atoms with E-state index in [0.29, 0.717) is 28.4 Å². The van der Waals surface area contributed by atoms with Crippen molar-refractivity contribution in [3.8, 4) is 28.7 Å². The van der Waals surface area contributed by atoms with Gasteiger partial charge in [-0.3, -0.25) is 4.79 Å². The number of rotatable bonds is 1. The van der Waals surface area contributed by atoms with Gasteiger partial charge in [-0.05, 0) is 18.2 Å². The lowest BCUT2D eigenvalue weighted by atomic mass is 9.88. The fraction of sp³-hybridized carbons (Fsp3) is 0.188. The molecule has 0 bridgehead atoms. The highest BCUT2D eigenvalue weighted by atomic mass is 16.7. The third-order valence-corrected chi connectivity index (χ3v) is 3.85. The van der Waals surface area contributed by atoms with E-state index < -0.39 is 5.92 Å². The summed E-state index contributed by atoms with van der Waals surface area (Å²) in [5.41, 5.74) is 0.819. The predicted molar refractivity (Wildman–Crippen MR) is 74.9 cm³/mol. The van der Waals surface area contributed by atoms with Crippen molar-refractivity contribution in [3.05, 3.63) is 41.5 Å². The summed E-state index contributed by atoms with van der Waals surface area (Å²) in [5, 5.41) is 19.6. The number of carbonyl (C=O) groups is 1. The van der Waals surface area contributed by atoms with Crippen LogP contribution < -0.4 is 14.2 Å². The van der Waals surface area contributed by atoms with E-state index >= 15 is 0 Å². The Balaban J connectivity index is 1.76. The minimum absolute atomic E-state index is 0.0339. The quantitative estimate of drug-likeness (QED) is 0.839. The molecular formula is C16H12O6. The molecule has 0 unspecified atom stereocenters. The molecule has 6 nitrogen and oxygen atoms in total. The molecule has 0 aromatic heterocycles. The van der Waals surface area contributed by atoms with Gasteiger partial charge in [0.15, 0.2) is 17.3 Å². The Kier molecular flexibility index (Phi) is 2.66. The van der Waals surface area contributed by atoms with Gasteiger partial charge in [-0.1, -0.05) is 0 Å². The molecule has 6 heteroatoms. The minimum Gasteiger partial charge on any atom is -0.508 e. The molecule has 22 heavy (non-hydrogen) atoms. The lowest BCUT2D eigenvalue weighted by Gasteiger charge is -2.25. The SMILES string of the molecule is O=C1c2ccc(O)cc2OC[C@@H]1c1cc2c(cc1O)OCO2. The lowest BCUT2D eigenvalue weighted by Crippen LogP contribution is -2.26. The molecule has 0 aliphatic carbocycles. The fourth-order valence-corrected chi connectivity index (χ4v) is 2.73. The van der Waals surface area contributed by atoms with Crippen molar-refractivity contribution >= 4 is 5.78 Å². The van der Waals surface area contributed by atoms with Crippen LogP contribution in [0.3, 0.4) is 0 Å². The third-order valence-electron chi connectivity index (χ3n) is 3.85. The van der Waals surface area contributed by atoms with E-state index in [2.05, 4.69) is 0 Å². The molecule has 2 aromatic rings. The van der Waals surface area contributed by atoms with Gasteiger partial charge in [-0.2, -0.15) is 0 Å². The summed E-state index contributed by atoms with van der Waals surface area (Å²) in [6.07, 6.45) is 0. The second-order valence-corrected chi connectivity index (χ2v) is 5.17. The maximum atomic E-state index is 12.6. The van der Waals surface area contributed by atoms with Crippen LogP contribution in [-0.4, -0.2) is 29.4 Å². The number of Topliss-reactive ketones (excluding diaryl/α,β-unsaturated/α-hetero) is 1. The molecule has 0 spiro atoms. The molecule has 2 aliphatic rings. The smallest absolute Gasteiger partial charge is 0.231 e. The van der Waals surface area contributed by atoms with Crippen molar-refractivity contribution in [2.75, 3.05) is 13.4 Å². The number of benzene rings is 2. The summed E-state index contributed by atoms with van der Waals surface area (Å²) in [4.78, 5) is 12.6. The highest BCUT2D eigenvalue weighted by molar-refractivity contribution is 6.04. The molecule has 0 radical (unpaired) electrons. The third kappa shape index (κ3) is 1.84. The summed E-state index contributed by atoms with van der Waals surface area (Å²) in [6.45, 7) is 0.179. The number of carbonyl (C=O) groups excluding carboxylic acids is 1. The summed E-state index contributed by atoms with van der Waals surface area (Å²) in [6, 6.07) is 7.40. The summed E-state index contributed by atoms with van der Waals surface area (Å²) in [5.74, 6) is 0.501. The molecule has 0 fully saturated rings. The minimum atomic E-state index is -0.633. The topological polar surface area (TPSA) is 85.2 Å². The molecule has 2 N–H and O–H groups in total. The van der Waals surface area contributed by atoms with Gasteiger partial charge in [0, 0.05) is 17.7 Å². The van der Waals surface area contributed by atoms with Crippen LogP contribution in [0.1, 0.15) is 21.8 Å². The summed E-state index contributed by atoms with van der Waals surface area (Å²) >= 11 is 0. The van der Waals surface area contributed by atoms with Gasteiger partial charge in [-0.15, -0.1) is 0 Å². The Labute approximate surface area is 125 Å². The van der Waals surface area contributed by atoms with E-state index in [1.165, 1.54) is 24.3 Å². The van der Waals surface area contributed by atoms with Crippen LogP contribution in [0.25, 0.3) is 0 Å². The highest BCUT2D eigenvalue weighted by Crippen LogP contribution is 2.43. The number of phenols is 2. The molecule has 0 saturated carbocycles. The van der Waals surface area contributed by atoms with Crippen molar-refractivity contribution < 1.29 is 29.2 Å². The Morgan fingerprint density at radius 1 is 0.955 bits per heavy atom. The molecule has 112 valence electrons. The number of hydrogen-bond donors (Lipinski definition) is 2. The van der Waals surface area contributed by atoms with Crippen molar-refractivity contribution in [2.45, 2.75) is 5.92 Å². The van der Waals surface area contributed by atoms with Gasteiger partial charge in [0.25, 0.3) is 0 Å². The van der Waals surface area contributed by atoms with Crippen LogP contribution in [0.4, 0.5) is 0 Å². The Morgan fingerprint density at radius 3 is 2.55 bits per heavy atom. The first-order valence-corrected chi connectivity index (χ1v) is 6.76. The van der Waals surface area contributed by atoms with Gasteiger partial charge in [0.05, 0.1) is 11.5 Å². The number of ether oxygens (including phenoxy) is 3. The van der Waals surface area contributed by atoms with Crippen LogP contribution in [0.5, 0.6) is 28.7 Å². The van der Waals surface area contributed by atoms with E-state index in [4.69, 9.17) is 14.2 Å². The maximum absolute atomic E-state index is 12.6. The van der Waals surface area contributed by atoms with E-state index in [0.717, 1.165) is 0 Å². The zero-order valence-corrected chi connectivity index (χ0v) is 11.4. The van der Waals surface area contributed by atoms with Gasteiger partial charge < -0.3 is 24.4 Å². The van der Waals surface area contributed by atoms with Gasteiger partial charge >= 0.3 is 0 Å². The zero-order valence-electron chi connectivity index (χ0n) is 11.4. The molecule has 2 aliphatic heterocycles. The normalized spacial score (nSPS) is 18.7. The van der Waals surface area contributed by atoms with E-state index in [1.807, 2.05) is 0 Å². The van der Waals surface area contributed by atoms with E-state index in [-0.39, 0.29) is 30.7 Å². The number of phenolic OH excluding ortho intramolecular Hbond substituents is 2. The van der Waals surface area contributed by atoms with E-state index in [1.54, 1.807) is 6.07 Å². The van der Waals surface area contributed by atoms with Gasteiger partial charge in [0.2, 0.25) is 6.79 Å². The molecular weight excluding hydrogens is 288 g/mol. The van der Waals surface area contributed by atoms with Crippen molar-refractivity contribution in [2.24, 2.45) is 0 Å². The fourth-order valence-electron chi connectivity index (χ4n) is 2.73. The largest absolute Gasteiger partial charge is 0.508 e. The average molecular weight is 300 g/mol.